The molecule has 0 saturated carbocycles. The standard InChI is InChI=1S/C18H29N3O2/c1-19(2)16-5-4-11-21(12-10-16)18(23)15-6-8-17(9-7-15)20(3)13-14-22/h6-9,16,22H,4-5,10-14H2,1-3H3. The van der Waals surface area contributed by atoms with E-state index in [0.29, 0.717) is 12.6 Å². The quantitative estimate of drug-likeness (QED) is 0.897. The zero-order chi connectivity index (χ0) is 16.8. The molecule has 0 aliphatic carbocycles. The second-order valence-corrected chi connectivity index (χ2v) is 6.53. The Kier molecular flexibility index (Phi) is 6.42. The van der Waals surface area contributed by atoms with Crippen molar-refractivity contribution < 1.29 is 9.90 Å². The number of amides is 1. The number of carbonyl (C=O) groups excluding carboxylic acids is 1. The summed E-state index contributed by atoms with van der Waals surface area (Å²) in [5.41, 5.74) is 1.76. The number of anilines is 1. The topological polar surface area (TPSA) is 47.0 Å². The van der Waals surface area contributed by atoms with Crippen LogP contribution in [0.15, 0.2) is 24.3 Å². The van der Waals surface area contributed by atoms with E-state index in [1.54, 1.807) is 0 Å². The van der Waals surface area contributed by atoms with Gasteiger partial charge in [-0.1, -0.05) is 0 Å². The van der Waals surface area contributed by atoms with Gasteiger partial charge in [0.15, 0.2) is 0 Å². The minimum Gasteiger partial charge on any atom is -0.395 e. The lowest BCUT2D eigenvalue weighted by Crippen LogP contribution is -2.33. The van der Waals surface area contributed by atoms with Gasteiger partial charge in [0.1, 0.15) is 0 Å². The van der Waals surface area contributed by atoms with Crippen LogP contribution in [0.2, 0.25) is 0 Å². The first-order valence-electron chi connectivity index (χ1n) is 8.40. The van der Waals surface area contributed by atoms with Crippen LogP contribution in [0, 0.1) is 0 Å². The molecule has 5 heteroatoms. The number of nitrogens with zero attached hydrogens (tertiary/aromatic N) is 3. The molecule has 1 saturated heterocycles. The van der Waals surface area contributed by atoms with E-state index < -0.39 is 0 Å². The van der Waals surface area contributed by atoms with Crippen molar-refractivity contribution in [1.29, 1.82) is 0 Å². The second kappa shape index (κ2) is 8.31. The molecule has 23 heavy (non-hydrogen) atoms. The molecule has 1 aliphatic heterocycles. The maximum Gasteiger partial charge on any atom is 0.253 e. The van der Waals surface area contributed by atoms with Crippen LogP contribution >= 0.6 is 0 Å². The number of rotatable bonds is 5. The number of carbonyl (C=O) groups is 1. The maximum absolute atomic E-state index is 12.7. The summed E-state index contributed by atoms with van der Waals surface area (Å²) in [6, 6.07) is 8.24. The Labute approximate surface area is 139 Å². The highest BCUT2D eigenvalue weighted by molar-refractivity contribution is 5.94. The summed E-state index contributed by atoms with van der Waals surface area (Å²) in [4.78, 5) is 18.9. The van der Waals surface area contributed by atoms with E-state index in [2.05, 4.69) is 19.0 Å². The Hall–Kier alpha value is -1.59. The fraction of sp³-hybridized carbons (Fsp3) is 0.611. The van der Waals surface area contributed by atoms with Crippen molar-refractivity contribution in [3.63, 3.8) is 0 Å². The van der Waals surface area contributed by atoms with Crippen molar-refractivity contribution in [3.05, 3.63) is 29.8 Å². The van der Waals surface area contributed by atoms with Crippen molar-refractivity contribution in [3.8, 4) is 0 Å². The maximum atomic E-state index is 12.7. The van der Waals surface area contributed by atoms with E-state index in [4.69, 9.17) is 5.11 Å². The summed E-state index contributed by atoms with van der Waals surface area (Å²) in [5, 5.41) is 8.99. The molecule has 2 rings (SSSR count). The van der Waals surface area contributed by atoms with Gasteiger partial charge in [-0.3, -0.25) is 4.79 Å². The monoisotopic (exact) mass is 319 g/mol. The Balaban J connectivity index is 2.00. The summed E-state index contributed by atoms with van der Waals surface area (Å²) in [7, 11) is 6.16. The first-order valence-corrected chi connectivity index (χ1v) is 8.40. The third-order valence-corrected chi connectivity index (χ3v) is 4.71. The minimum absolute atomic E-state index is 0.123. The summed E-state index contributed by atoms with van der Waals surface area (Å²) in [6.45, 7) is 2.38. The van der Waals surface area contributed by atoms with Gasteiger partial charge in [-0.2, -0.15) is 0 Å². The molecule has 5 nitrogen and oxygen atoms in total. The number of aliphatic hydroxyl groups excluding tert-OH is 1. The highest BCUT2D eigenvalue weighted by Crippen LogP contribution is 2.19. The van der Waals surface area contributed by atoms with Crippen molar-refractivity contribution in [2.45, 2.75) is 25.3 Å². The van der Waals surface area contributed by atoms with Crippen LogP contribution in [-0.2, 0) is 0 Å². The van der Waals surface area contributed by atoms with Crippen molar-refractivity contribution in [2.75, 3.05) is 52.3 Å². The molecule has 1 amide bonds. The van der Waals surface area contributed by atoms with Crippen LogP contribution in [-0.4, -0.2) is 74.2 Å². The largest absolute Gasteiger partial charge is 0.395 e. The molecule has 0 aromatic heterocycles. The second-order valence-electron chi connectivity index (χ2n) is 6.53. The molecule has 128 valence electrons. The predicted octanol–water partition coefficient (Wildman–Crippen LogP) is 1.67. The lowest BCUT2D eigenvalue weighted by Gasteiger charge is -2.24. The van der Waals surface area contributed by atoms with Crippen LogP contribution in [0.5, 0.6) is 0 Å². The molecule has 1 unspecified atom stereocenters. The van der Waals surface area contributed by atoms with Gasteiger partial charge < -0.3 is 19.8 Å². The van der Waals surface area contributed by atoms with Crippen molar-refractivity contribution >= 4 is 11.6 Å². The molecule has 0 bridgehead atoms. The first kappa shape index (κ1) is 17.8. The molecule has 1 atom stereocenters. The third kappa shape index (κ3) is 4.69. The van der Waals surface area contributed by atoms with E-state index in [0.717, 1.165) is 43.6 Å². The van der Waals surface area contributed by atoms with E-state index in [1.165, 1.54) is 0 Å². The molecule has 1 fully saturated rings. The van der Waals surface area contributed by atoms with Crippen LogP contribution in [0.1, 0.15) is 29.6 Å². The Bertz CT molecular complexity index is 501. The summed E-state index contributed by atoms with van der Waals surface area (Å²) >= 11 is 0. The van der Waals surface area contributed by atoms with Crippen LogP contribution in [0.3, 0.4) is 0 Å². The van der Waals surface area contributed by atoms with Gasteiger partial charge in [0.05, 0.1) is 6.61 Å². The summed E-state index contributed by atoms with van der Waals surface area (Å²) in [6.07, 6.45) is 3.25. The van der Waals surface area contributed by atoms with Gasteiger partial charge >= 0.3 is 0 Å². The van der Waals surface area contributed by atoms with Crippen LogP contribution in [0.25, 0.3) is 0 Å². The summed E-state index contributed by atoms with van der Waals surface area (Å²) in [5.74, 6) is 0.126. The van der Waals surface area contributed by atoms with Crippen molar-refractivity contribution in [2.24, 2.45) is 0 Å². The van der Waals surface area contributed by atoms with Gasteiger partial charge in [-0.05, 0) is 57.6 Å². The SMILES string of the molecule is CN(CCO)c1ccc(C(=O)N2CCCC(N(C)C)CC2)cc1. The fourth-order valence-electron chi connectivity index (χ4n) is 3.12. The lowest BCUT2D eigenvalue weighted by atomic mass is 10.1. The van der Waals surface area contributed by atoms with Crippen molar-refractivity contribution in [1.82, 2.24) is 9.80 Å². The number of hydrogen-bond donors (Lipinski definition) is 1. The molecule has 0 spiro atoms. The minimum atomic E-state index is 0.123. The fourth-order valence-corrected chi connectivity index (χ4v) is 3.12. The third-order valence-electron chi connectivity index (χ3n) is 4.71. The van der Waals surface area contributed by atoms with E-state index in [1.807, 2.05) is 41.1 Å². The normalized spacial score (nSPS) is 18.8. The highest BCUT2D eigenvalue weighted by atomic mass is 16.3. The number of likely N-dealkylation sites (N-methyl/N-ethyl adjacent to an activating group) is 1. The van der Waals surface area contributed by atoms with Gasteiger partial charge in [-0.15, -0.1) is 0 Å². The molecule has 1 aromatic rings. The molecule has 1 aromatic carbocycles. The molecular weight excluding hydrogens is 290 g/mol. The van der Waals surface area contributed by atoms with E-state index in [-0.39, 0.29) is 12.5 Å². The number of likely N-dealkylation sites (tertiary alicyclic amines) is 1. The number of aliphatic hydroxyl groups is 1. The van der Waals surface area contributed by atoms with Gasteiger partial charge in [0, 0.05) is 44.0 Å². The van der Waals surface area contributed by atoms with Gasteiger partial charge in [0.2, 0.25) is 0 Å². The van der Waals surface area contributed by atoms with E-state index >= 15 is 0 Å². The lowest BCUT2D eigenvalue weighted by molar-refractivity contribution is 0.0758. The Morgan fingerprint density at radius 3 is 2.48 bits per heavy atom. The molecule has 1 aliphatic rings. The average Bonchev–Trinajstić information content (AvgIpc) is 2.81. The Morgan fingerprint density at radius 2 is 1.87 bits per heavy atom. The number of benzene rings is 1. The zero-order valence-electron chi connectivity index (χ0n) is 14.5. The predicted molar refractivity (Wildman–Crippen MR) is 94.0 cm³/mol. The molecule has 1 N–H and O–H groups in total. The average molecular weight is 319 g/mol. The van der Waals surface area contributed by atoms with Crippen LogP contribution in [0.4, 0.5) is 5.69 Å². The zero-order valence-corrected chi connectivity index (χ0v) is 14.5. The Morgan fingerprint density at radius 1 is 1.17 bits per heavy atom. The summed E-state index contributed by atoms with van der Waals surface area (Å²) < 4.78 is 0. The highest BCUT2D eigenvalue weighted by Gasteiger charge is 2.22. The van der Waals surface area contributed by atoms with E-state index in [9.17, 15) is 4.79 Å². The molecule has 1 heterocycles. The van der Waals surface area contributed by atoms with Crippen LogP contribution < -0.4 is 4.90 Å². The number of hydrogen-bond acceptors (Lipinski definition) is 4. The first-order chi connectivity index (χ1) is 11.0. The van der Waals surface area contributed by atoms with Gasteiger partial charge in [-0.25, -0.2) is 0 Å². The van der Waals surface area contributed by atoms with Gasteiger partial charge in [0.25, 0.3) is 5.91 Å². The smallest absolute Gasteiger partial charge is 0.253 e. The molecule has 0 radical (unpaired) electrons. The molecular formula is C18H29N3O2.